The van der Waals surface area contributed by atoms with Crippen molar-refractivity contribution >= 4 is 28.2 Å². The molecular weight excluding hydrogens is 358 g/mol. The van der Waals surface area contributed by atoms with E-state index in [1.54, 1.807) is 13.8 Å². The smallest absolute Gasteiger partial charge is 0.339 e. The highest BCUT2D eigenvalue weighted by Gasteiger charge is 2.22. The highest BCUT2D eigenvalue weighted by Crippen LogP contribution is 2.19. The van der Waals surface area contributed by atoms with Gasteiger partial charge in [0.1, 0.15) is 22.6 Å². The summed E-state index contributed by atoms with van der Waals surface area (Å²) in [6.45, 7) is 5.28. The Morgan fingerprint density at radius 1 is 1.31 bits per heavy atom. The second kappa shape index (κ2) is 6.41. The fourth-order valence-electron chi connectivity index (χ4n) is 2.67. The summed E-state index contributed by atoms with van der Waals surface area (Å²) >= 11 is 1.39. The van der Waals surface area contributed by atoms with Crippen molar-refractivity contribution in [2.24, 2.45) is 0 Å². The number of carbonyl (C=O) groups excluding carboxylic acids is 1. The molecule has 3 rings (SSSR count). The van der Waals surface area contributed by atoms with Crippen molar-refractivity contribution in [2.45, 2.75) is 27.3 Å². The monoisotopic (exact) mass is 375 g/mol. The summed E-state index contributed by atoms with van der Waals surface area (Å²) in [4.78, 5) is 43.5. The van der Waals surface area contributed by atoms with Crippen molar-refractivity contribution in [3.05, 3.63) is 55.8 Å². The topological polar surface area (TPSA) is 105 Å². The van der Waals surface area contributed by atoms with Gasteiger partial charge < -0.3 is 14.4 Å². The Morgan fingerprint density at radius 2 is 2.00 bits per heavy atom. The maximum atomic E-state index is 12.7. The number of rotatable bonds is 4. The highest BCUT2D eigenvalue weighted by atomic mass is 32.1. The van der Waals surface area contributed by atoms with E-state index < -0.39 is 17.4 Å². The molecule has 1 N–H and O–H groups in total. The van der Waals surface area contributed by atoms with Gasteiger partial charge in [0.15, 0.2) is 4.96 Å². The normalized spacial score (nSPS) is 11.1. The van der Waals surface area contributed by atoms with E-state index in [1.165, 1.54) is 39.9 Å². The van der Waals surface area contributed by atoms with Crippen LogP contribution in [0.5, 0.6) is 0 Å². The number of aryl methyl sites for hydroxylation is 3. The molecule has 3 aromatic heterocycles. The molecule has 0 aliphatic rings. The largest absolute Gasteiger partial charge is 0.478 e. The van der Waals surface area contributed by atoms with Crippen molar-refractivity contribution in [3.63, 3.8) is 0 Å². The highest BCUT2D eigenvalue weighted by molar-refractivity contribution is 7.17. The number of amides is 1. The molecule has 3 heterocycles. The Balaban J connectivity index is 1.91. The Morgan fingerprint density at radius 3 is 2.62 bits per heavy atom. The molecule has 1 amide bonds. The van der Waals surface area contributed by atoms with Crippen LogP contribution in [-0.2, 0) is 6.54 Å². The van der Waals surface area contributed by atoms with Crippen LogP contribution in [0.15, 0.2) is 21.5 Å². The van der Waals surface area contributed by atoms with Crippen LogP contribution < -0.4 is 5.56 Å². The molecule has 26 heavy (non-hydrogen) atoms. The number of hydrogen-bond donors (Lipinski definition) is 1. The number of fused-ring (bicyclic) bond motifs is 1. The Bertz CT molecular complexity index is 1090. The van der Waals surface area contributed by atoms with Gasteiger partial charge in [-0.15, -0.1) is 11.3 Å². The molecule has 3 aromatic rings. The Hall–Kier alpha value is -2.94. The molecule has 0 spiro atoms. The van der Waals surface area contributed by atoms with Gasteiger partial charge in [-0.25, -0.2) is 9.78 Å². The summed E-state index contributed by atoms with van der Waals surface area (Å²) in [6.07, 6.45) is 1.28. The van der Waals surface area contributed by atoms with E-state index in [2.05, 4.69) is 4.98 Å². The molecule has 136 valence electrons. The van der Waals surface area contributed by atoms with Gasteiger partial charge in [-0.05, 0) is 26.8 Å². The van der Waals surface area contributed by atoms with Crippen LogP contribution in [-0.4, -0.2) is 38.3 Å². The minimum atomic E-state index is -1.09. The van der Waals surface area contributed by atoms with Crippen molar-refractivity contribution in [2.75, 3.05) is 7.05 Å². The van der Waals surface area contributed by atoms with Crippen LogP contribution in [0.25, 0.3) is 4.96 Å². The number of hydrogen-bond acceptors (Lipinski definition) is 6. The van der Waals surface area contributed by atoms with Gasteiger partial charge in [0.2, 0.25) is 0 Å². The van der Waals surface area contributed by atoms with Crippen LogP contribution in [0.1, 0.15) is 42.8 Å². The standard InChI is InChI=1S/C17H17N3O5S/c1-8-10(3)26-17-18-6-13(15(22)20(8)17)14(21)19(4)7-11-5-12(16(23)24)9(2)25-11/h5-6H,7H2,1-4H3,(H,23,24). The first kappa shape index (κ1) is 17.9. The van der Waals surface area contributed by atoms with Crippen LogP contribution >= 0.6 is 11.3 Å². The number of nitrogens with zero attached hydrogens (tertiary/aromatic N) is 3. The quantitative estimate of drug-likeness (QED) is 0.750. The lowest BCUT2D eigenvalue weighted by Gasteiger charge is -2.15. The van der Waals surface area contributed by atoms with E-state index >= 15 is 0 Å². The number of furan rings is 1. The zero-order valence-electron chi connectivity index (χ0n) is 14.7. The predicted octanol–water partition coefficient (Wildman–Crippen LogP) is 2.24. The second-order valence-electron chi connectivity index (χ2n) is 5.99. The Labute approximate surface area is 152 Å². The number of thiazole rings is 1. The summed E-state index contributed by atoms with van der Waals surface area (Å²) in [5.74, 6) is -1.01. The third-order valence-corrected chi connectivity index (χ3v) is 5.26. The molecule has 9 heteroatoms. The van der Waals surface area contributed by atoms with E-state index in [0.717, 1.165) is 10.6 Å². The van der Waals surface area contributed by atoms with Gasteiger partial charge in [0.05, 0.1) is 6.54 Å². The third kappa shape index (κ3) is 2.90. The van der Waals surface area contributed by atoms with Crippen LogP contribution in [0.3, 0.4) is 0 Å². The lowest BCUT2D eigenvalue weighted by atomic mass is 10.2. The first-order valence-electron chi connectivity index (χ1n) is 7.76. The van der Waals surface area contributed by atoms with E-state index in [9.17, 15) is 14.4 Å². The van der Waals surface area contributed by atoms with E-state index in [4.69, 9.17) is 9.52 Å². The first-order valence-corrected chi connectivity index (χ1v) is 8.58. The summed E-state index contributed by atoms with van der Waals surface area (Å²) in [7, 11) is 1.51. The predicted molar refractivity (Wildman–Crippen MR) is 95.0 cm³/mol. The zero-order chi connectivity index (χ0) is 19.2. The molecule has 8 nitrogen and oxygen atoms in total. The first-order chi connectivity index (χ1) is 12.2. The lowest BCUT2D eigenvalue weighted by molar-refractivity contribution is 0.0694. The van der Waals surface area contributed by atoms with E-state index in [-0.39, 0.29) is 23.4 Å². The molecule has 0 unspecified atom stereocenters. The molecule has 0 saturated heterocycles. The average Bonchev–Trinajstić information content (AvgIpc) is 3.07. The summed E-state index contributed by atoms with van der Waals surface area (Å²) < 4.78 is 6.81. The molecule has 0 atom stereocenters. The summed E-state index contributed by atoms with van der Waals surface area (Å²) in [6, 6.07) is 1.38. The van der Waals surface area contributed by atoms with E-state index in [1.807, 2.05) is 6.92 Å². The number of carboxylic acids is 1. The van der Waals surface area contributed by atoms with Crippen molar-refractivity contribution in [1.29, 1.82) is 0 Å². The third-order valence-electron chi connectivity index (χ3n) is 4.19. The average molecular weight is 375 g/mol. The second-order valence-corrected chi connectivity index (χ2v) is 7.17. The fourth-order valence-corrected chi connectivity index (χ4v) is 3.60. The SMILES string of the molecule is Cc1oc(CN(C)C(=O)c2cnc3sc(C)c(C)n3c2=O)cc1C(=O)O. The van der Waals surface area contributed by atoms with Crippen LogP contribution in [0, 0.1) is 20.8 Å². The molecule has 0 aliphatic carbocycles. The van der Waals surface area contributed by atoms with Gasteiger partial charge in [-0.1, -0.05) is 0 Å². The van der Waals surface area contributed by atoms with Gasteiger partial charge in [-0.3, -0.25) is 14.0 Å². The molecule has 0 saturated carbocycles. The summed E-state index contributed by atoms with van der Waals surface area (Å²) in [5.41, 5.74) is 0.337. The molecule has 0 radical (unpaired) electrons. The lowest BCUT2D eigenvalue weighted by Crippen LogP contribution is -2.33. The van der Waals surface area contributed by atoms with Gasteiger partial charge in [-0.2, -0.15) is 0 Å². The minimum absolute atomic E-state index is 0.0384. The van der Waals surface area contributed by atoms with Crippen molar-refractivity contribution in [3.8, 4) is 0 Å². The molecule has 0 aliphatic heterocycles. The molecule has 0 fully saturated rings. The van der Waals surface area contributed by atoms with Gasteiger partial charge >= 0.3 is 5.97 Å². The molecular formula is C17H17N3O5S. The fraction of sp³-hybridized carbons (Fsp3) is 0.294. The maximum Gasteiger partial charge on any atom is 0.339 e. The number of aromatic nitrogens is 2. The van der Waals surface area contributed by atoms with E-state index in [0.29, 0.717) is 10.7 Å². The van der Waals surface area contributed by atoms with Crippen LogP contribution in [0.2, 0.25) is 0 Å². The van der Waals surface area contributed by atoms with Gasteiger partial charge in [0, 0.05) is 23.8 Å². The maximum absolute atomic E-state index is 12.7. The molecule has 0 bridgehead atoms. The number of carbonyl (C=O) groups is 2. The van der Waals surface area contributed by atoms with Crippen molar-refractivity contribution < 1.29 is 19.1 Å². The van der Waals surface area contributed by atoms with Crippen LogP contribution in [0.4, 0.5) is 0 Å². The van der Waals surface area contributed by atoms with Crippen molar-refractivity contribution in [1.82, 2.24) is 14.3 Å². The Kier molecular flexibility index (Phi) is 4.41. The van der Waals surface area contributed by atoms with Gasteiger partial charge in [0.25, 0.3) is 11.5 Å². The molecule has 0 aromatic carbocycles. The minimum Gasteiger partial charge on any atom is -0.478 e. The zero-order valence-corrected chi connectivity index (χ0v) is 15.5. The summed E-state index contributed by atoms with van der Waals surface area (Å²) in [5, 5.41) is 9.07. The number of carboxylic acid groups (broad SMARTS) is 1. The number of aromatic carboxylic acids is 1.